The topological polar surface area (TPSA) is 0 Å². The monoisotopic (exact) mass is 270 g/mol. The smallest absolute Gasteiger partial charge is 0.110 e. The van der Waals surface area contributed by atoms with E-state index in [-0.39, 0.29) is 6.29 Å². The first-order valence-electron chi connectivity index (χ1n) is 4.45. The zero-order valence-electron chi connectivity index (χ0n) is 7.20. The summed E-state index contributed by atoms with van der Waals surface area (Å²) in [5.41, 5.74) is 0. The molecule has 0 aliphatic heterocycles. The van der Waals surface area contributed by atoms with Crippen LogP contribution in [0.5, 0.6) is 0 Å². The van der Waals surface area contributed by atoms with Gasteiger partial charge < -0.3 is 0 Å². The maximum absolute atomic E-state index is 2.73. The molecule has 0 rings (SSSR count). The van der Waals surface area contributed by atoms with Gasteiger partial charge in [0.15, 0.2) is 0 Å². The molecule has 0 saturated heterocycles. The first-order valence-corrected chi connectivity index (χ1v) is 10.3. The van der Waals surface area contributed by atoms with E-state index in [0.717, 1.165) is 0 Å². The maximum Gasteiger partial charge on any atom is 0.110 e. The maximum atomic E-state index is 2.73. The lowest BCUT2D eigenvalue weighted by molar-refractivity contribution is 0.850. The van der Waals surface area contributed by atoms with Gasteiger partial charge in [-0.25, -0.2) is 0 Å². The summed E-state index contributed by atoms with van der Waals surface area (Å²) in [7, 11) is 0. The Bertz CT molecular complexity index is 58.3. The highest BCUT2D eigenvalue weighted by Crippen LogP contribution is 2.14. The lowest BCUT2D eigenvalue weighted by Crippen LogP contribution is -2.00. The van der Waals surface area contributed by atoms with Gasteiger partial charge in [0.2, 0.25) is 0 Å². The van der Waals surface area contributed by atoms with Gasteiger partial charge in [-0.1, -0.05) is 51.6 Å². The Hall–Kier alpha value is 0.947. The van der Waals surface area contributed by atoms with Crippen LogP contribution in [0.2, 0.25) is 12.1 Å². The van der Waals surface area contributed by atoms with E-state index in [1.165, 1.54) is 25.7 Å². The van der Waals surface area contributed by atoms with Crippen molar-refractivity contribution in [3.8, 4) is 0 Å². The second-order valence-corrected chi connectivity index (χ2v) is 10.5. The number of halogens is 1. The van der Waals surface area contributed by atoms with Crippen molar-refractivity contribution in [2.45, 2.75) is 51.6 Å². The molecule has 0 aromatic rings. The predicted molar refractivity (Wildman–Crippen MR) is 60.6 cm³/mol. The van der Waals surface area contributed by atoms with Crippen LogP contribution >= 0.6 is 21.8 Å². The SMILES string of the molecule is CCCC[SiH](I)CCCC. The van der Waals surface area contributed by atoms with E-state index in [9.17, 15) is 0 Å². The minimum absolute atomic E-state index is 0.267. The van der Waals surface area contributed by atoms with Crippen molar-refractivity contribution < 1.29 is 0 Å². The first kappa shape index (κ1) is 10.9. The molecule has 0 heterocycles. The lowest BCUT2D eigenvalue weighted by Gasteiger charge is -2.04. The minimum Gasteiger partial charge on any atom is -0.123 e. The Morgan fingerprint density at radius 3 is 1.70 bits per heavy atom. The van der Waals surface area contributed by atoms with Crippen molar-refractivity contribution in [3.63, 3.8) is 0 Å². The van der Waals surface area contributed by atoms with Crippen LogP contribution in [0.4, 0.5) is 0 Å². The fourth-order valence-electron chi connectivity index (χ4n) is 0.996. The molecule has 0 aliphatic carbocycles. The molecule has 0 aromatic carbocycles. The molecule has 0 bridgehead atoms. The highest BCUT2D eigenvalue weighted by atomic mass is 127. The summed E-state index contributed by atoms with van der Waals surface area (Å²) in [4.78, 5) is 0. The van der Waals surface area contributed by atoms with Crippen molar-refractivity contribution in [1.29, 1.82) is 0 Å². The largest absolute Gasteiger partial charge is 0.123 e. The van der Waals surface area contributed by atoms with E-state index in [0.29, 0.717) is 0 Å². The molecule has 0 unspecified atom stereocenters. The number of rotatable bonds is 6. The predicted octanol–water partition coefficient (Wildman–Crippen LogP) is 3.75. The Morgan fingerprint density at radius 1 is 1.00 bits per heavy atom. The number of hydrogen-bond donors (Lipinski definition) is 0. The average molecular weight is 270 g/mol. The van der Waals surface area contributed by atoms with Crippen LogP contribution in [0.1, 0.15) is 39.5 Å². The second-order valence-electron chi connectivity index (χ2n) is 2.88. The zero-order valence-corrected chi connectivity index (χ0v) is 10.5. The fourth-order valence-corrected chi connectivity index (χ4v) is 5.63. The van der Waals surface area contributed by atoms with Gasteiger partial charge in [-0.3, -0.25) is 0 Å². The summed E-state index contributed by atoms with van der Waals surface area (Å²) >= 11 is 2.73. The molecule has 10 heavy (non-hydrogen) atoms. The van der Waals surface area contributed by atoms with Gasteiger partial charge in [0.05, 0.1) is 0 Å². The third-order valence-corrected chi connectivity index (χ3v) is 7.55. The third-order valence-electron chi connectivity index (χ3n) is 1.74. The molecule has 0 amide bonds. The Morgan fingerprint density at radius 2 is 1.40 bits per heavy atom. The van der Waals surface area contributed by atoms with E-state index in [1.807, 2.05) is 0 Å². The minimum atomic E-state index is -0.267. The first-order chi connectivity index (χ1) is 4.81. The summed E-state index contributed by atoms with van der Waals surface area (Å²) in [6.07, 6.45) is 5.46. The van der Waals surface area contributed by atoms with Gasteiger partial charge >= 0.3 is 0 Å². The van der Waals surface area contributed by atoms with E-state index in [4.69, 9.17) is 0 Å². The van der Waals surface area contributed by atoms with Crippen LogP contribution in [0.3, 0.4) is 0 Å². The van der Waals surface area contributed by atoms with Crippen molar-refractivity contribution in [3.05, 3.63) is 0 Å². The van der Waals surface area contributed by atoms with Gasteiger partial charge in [-0.2, -0.15) is 0 Å². The molecule has 0 nitrogen and oxygen atoms in total. The van der Waals surface area contributed by atoms with Gasteiger partial charge in [0.25, 0.3) is 0 Å². The molecule has 2 heteroatoms. The quantitative estimate of drug-likeness (QED) is 0.392. The van der Waals surface area contributed by atoms with E-state index >= 15 is 0 Å². The third kappa shape index (κ3) is 7.06. The molecule has 0 radical (unpaired) electrons. The molecule has 0 fully saturated rings. The molecule has 0 N–H and O–H groups in total. The summed E-state index contributed by atoms with van der Waals surface area (Å²) < 4.78 is 0. The summed E-state index contributed by atoms with van der Waals surface area (Å²) in [6, 6.07) is 3.13. The number of unbranched alkanes of at least 4 members (excludes halogenated alkanes) is 2. The van der Waals surface area contributed by atoms with Gasteiger partial charge in [-0.05, 0) is 0 Å². The van der Waals surface area contributed by atoms with Gasteiger partial charge in [0.1, 0.15) is 6.29 Å². The Balaban J connectivity index is 3.00. The van der Waals surface area contributed by atoms with Crippen molar-refractivity contribution in [2.75, 3.05) is 0 Å². The average Bonchev–Trinajstić information content (AvgIpc) is 1.97. The van der Waals surface area contributed by atoms with E-state index in [2.05, 4.69) is 35.6 Å². The van der Waals surface area contributed by atoms with Crippen LogP contribution < -0.4 is 0 Å². The molecule has 0 atom stereocenters. The molecule has 0 spiro atoms. The summed E-state index contributed by atoms with van der Waals surface area (Å²) in [5.74, 6) is 0. The lowest BCUT2D eigenvalue weighted by atomic mass is 10.4. The van der Waals surface area contributed by atoms with Crippen LogP contribution in [0, 0.1) is 0 Å². The van der Waals surface area contributed by atoms with Crippen molar-refractivity contribution >= 4 is 28.1 Å². The van der Waals surface area contributed by atoms with Crippen LogP contribution in [-0.4, -0.2) is 6.29 Å². The van der Waals surface area contributed by atoms with Crippen LogP contribution in [0.15, 0.2) is 0 Å². The van der Waals surface area contributed by atoms with E-state index < -0.39 is 0 Å². The van der Waals surface area contributed by atoms with Crippen LogP contribution in [0.25, 0.3) is 0 Å². The molecular formula is C8H19ISi. The zero-order chi connectivity index (χ0) is 7.82. The van der Waals surface area contributed by atoms with Crippen molar-refractivity contribution in [2.24, 2.45) is 0 Å². The molecule has 62 valence electrons. The number of hydrogen-bond acceptors (Lipinski definition) is 0. The van der Waals surface area contributed by atoms with Crippen molar-refractivity contribution in [1.82, 2.24) is 0 Å². The highest BCUT2D eigenvalue weighted by Gasteiger charge is 2.03. The van der Waals surface area contributed by atoms with Gasteiger partial charge in [-0.15, -0.1) is 21.8 Å². The molecule has 0 aromatic heterocycles. The molecular weight excluding hydrogens is 251 g/mol. The normalized spacial score (nSPS) is 10.8. The summed E-state index contributed by atoms with van der Waals surface area (Å²) in [6.45, 7) is 4.58. The fraction of sp³-hybridized carbons (Fsp3) is 1.00. The highest BCUT2D eigenvalue weighted by molar-refractivity contribution is 14.1. The standard InChI is InChI=1S/C8H19ISi/c1-3-5-7-10(9)8-6-4-2/h10H,3-8H2,1-2H3. The summed E-state index contributed by atoms with van der Waals surface area (Å²) in [5, 5.41) is 0. The molecule has 0 aliphatic rings. The van der Waals surface area contributed by atoms with Crippen LogP contribution in [-0.2, 0) is 0 Å². The second kappa shape index (κ2) is 8.05. The Labute approximate surface area is 79.6 Å². The molecule has 0 saturated carbocycles. The van der Waals surface area contributed by atoms with E-state index in [1.54, 1.807) is 12.1 Å². The van der Waals surface area contributed by atoms with Gasteiger partial charge in [0, 0.05) is 0 Å². The Kier molecular flexibility index (Phi) is 8.81.